The third kappa shape index (κ3) is 11.3. The molecule has 0 unspecified atom stereocenters. The first-order chi connectivity index (χ1) is 2.00. The van der Waals surface area contributed by atoms with Gasteiger partial charge in [-0.25, -0.2) is 4.78 Å². The molecule has 0 saturated heterocycles. The molecule has 0 bridgehead atoms. The molecule has 1 nitrogen and oxygen atoms in total. The van der Waals surface area contributed by atoms with Crippen molar-refractivity contribution in [3.8, 4) is 0 Å². The van der Waals surface area contributed by atoms with E-state index in [0.717, 1.165) is 0 Å². The number of thiol groups is 1. The molecular formula is H2INS2. The third-order valence-electron chi connectivity index (χ3n) is 0. The Morgan fingerprint density at radius 2 is 1.50 bits per heavy atom. The van der Waals surface area contributed by atoms with Crippen molar-refractivity contribution in [3.05, 3.63) is 0 Å². The van der Waals surface area contributed by atoms with Crippen LogP contribution < -0.4 is 0 Å². The molecule has 0 aromatic rings. The molecule has 0 amide bonds. The van der Waals surface area contributed by atoms with E-state index in [1.807, 2.05) is 21.2 Å². The predicted octanol–water partition coefficient (Wildman–Crippen LogP) is 1.56. The molecule has 0 heterocycles. The summed E-state index contributed by atoms with van der Waals surface area (Å²) in [6.07, 6.45) is 0. The van der Waals surface area contributed by atoms with Crippen molar-refractivity contribution in [2.24, 2.45) is 0 Å². The van der Waals surface area contributed by atoms with Crippen LogP contribution in [0.4, 0.5) is 0 Å². The molecular weight excluding hydrogens is 205 g/mol. The van der Waals surface area contributed by atoms with Gasteiger partial charge in [-0.3, -0.25) is 0 Å². The van der Waals surface area contributed by atoms with Crippen molar-refractivity contribution in [2.75, 3.05) is 0 Å². The first kappa shape index (κ1) is 8.92. The van der Waals surface area contributed by atoms with Crippen LogP contribution in [0.25, 0.3) is 0 Å². The Hall–Kier alpha value is 1.10. The fraction of sp³-hybridized carbons (Fsp3) is 0. The summed E-state index contributed by atoms with van der Waals surface area (Å²) in [7, 11) is 3.50. The second kappa shape index (κ2) is 32.6. The van der Waals surface area contributed by atoms with Crippen LogP contribution >= 0.6 is 31.0 Å². The van der Waals surface area contributed by atoms with Gasteiger partial charge in [-0.1, -0.05) is 0 Å². The van der Waals surface area contributed by atoms with E-state index < -0.39 is 0 Å². The topological polar surface area (TPSA) is 23.9 Å². The maximum atomic E-state index is 5.33. The van der Waals surface area contributed by atoms with E-state index in [4.69, 9.17) is 4.78 Å². The maximum Gasteiger partial charge on any atom is 0.0324 e. The quantitative estimate of drug-likeness (QED) is 0.457. The Morgan fingerprint density at radius 3 is 1.50 bits per heavy atom. The molecule has 0 aromatic carbocycles. The molecule has 26 valence electrons. The standard InChI is InChI=1S/HIS.HNS/c2*1-2/h2H;1H. The summed E-state index contributed by atoms with van der Waals surface area (Å²) in [6, 6.07) is 0. The van der Waals surface area contributed by atoms with Gasteiger partial charge in [0.1, 0.15) is 0 Å². The summed E-state index contributed by atoms with van der Waals surface area (Å²) in [4.78, 5) is 0. The van der Waals surface area contributed by atoms with E-state index in [9.17, 15) is 0 Å². The van der Waals surface area contributed by atoms with Crippen LogP contribution in [0.2, 0.25) is 0 Å². The molecule has 0 aliphatic carbocycles. The van der Waals surface area contributed by atoms with Gasteiger partial charge in [0.05, 0.1) is 0 Å². The average molecular weight is 207 g/mol. The fourth-order valence-corrected chi connectivity index (χ4v) is 0. The second-order valence-electron chi connectivity index (χ2n) is 0. The summed E-state index contributed by atoms with van der Waals surface area (Å²) in [5.74, 6) is 0. The molecule has 0 fully saturated rings. The van der Waals surface area contributed by atoms with Crippen molar-refractivity contribution in [1.82, 2.24) is 0 Å². The molecule has 0 aromatic heterocycles. The molecule has 0 radical (unpaired) electrons. The van der Waals surface area contributed by atoms with Crippen LogP contribution in [-0.4, -0.2) is 0 Å². The van der Waals surface area contributed by atoms with Crippen LogP contribution in [0.5, 0.6) is 0 Å². The van der Waals surface area contributed by atoms with Crippen molar-refractivity contribution < 1.29 is 0 Å². The maximum absolute atomic E-state index is 5.33. The SMILES string of the molecule is N=S.SI. The van der Waals surface area contributed by atoms with Crippen LogP contribution in [-0.2, 0) is 12.4 Å². The van der Waals surface area contributed by atoms with Crippen molar-refractivity contribution in [1.29, 1.82) is 4.78 Å². The molecule has 4 heteroatoms. The molecule has 4 heavy (non-hydrogen) atoms. The Kier molecular flexibility index (Phi) is 72.6. The van der Waals surface area contributed by atoms with Crippen LogP contribution in [0.15, 0.2) is 0 Å². The van der Waals surface area contributed by atoms with Gasteiger partial charge in [-0.05, 0) is 21.2 Å². The average Bonchev–Trinajstić information content (AvgIpc) is 1.50. The lowest BCUT2D eigenvalue weighted by Gasteiger charge is -1.06. The molecule has 0 atom stereocenters. The van der Waals surface area contributed by atoms with Gasteiger partial charge in [0, 0.05) is 12.4 Å². The first-order valence-corrected chi connectivity index (χ1v) is 4.01. The minimum atomic E-state index is 1.84. The van der Waals surface area contributed by atoms with E-state index in [2.05, 4.69) is 22.2 Å². The van der Waals surface area contributed by atoms with E-state index in [-0.39, 0.29) is 0 Å². The van der Waals surface area contributed by atoms with Gasteiger partial charge < -0.3 is 0 Å². The zero-order chi connectivity index (χ0) is 4.00. The highest BCUT2D eigenvalue weighted by Gasteiger charge is 0.944. The van der Waals surface area contributed by atoms with Crippen LogP contribution in [0.1, 0.15) is 0 Å². The van der Waals surface area contributed by atoms with E-state index in [1.54, 1.807) is 0 Å². The largest absolute Gasteiger partial charge is 0.235 e. The van der Waals surface area contributed by atoms with Gasteiger partial charge >= 0.3 is 0 Å². The second-order valence-corrected chi connectivity index (χ2v) is 0. The summed E-state index contributed by atoms with van der Waals surface area (Å²) < 4.78 is 5.33. The first-order valence-electron chi connectivity index (χ1n) is 0.373. The van der Waals surface area contributed by atoms with E-state index >= 15 is 0 Å². The zero-order valence-electron chi connectivity index (χ0n) is 1.73. The lowest BCUT2D eigenvalue weighted by molar-refractivity contribution is 1.67. The lowest BCUT2D eigenvalue weighted by atomic mass is 14.0. The minimum Gasteiger partial charge on any atom is -0.235 e. The van der Waals surface area contributed by atoms with Gasteiger partial charge in [0.15, 0.2) is 0 Å². The van der Waals surface area contributed by atoms with Gasteiger partial charge in [0.2, 0.25) is 0 Å². The number of hydrogen-bond donors (Lipinski definition) is 2. The normalized spacial score (nSPS) is 2.50. The van der Waals surface area contributed by atoms with Crippen molar-refractivity contribution in [2.45, 2.75) is 0 Å². The van der Waals surface area contributed by atoms with Gasteiger partial charge in [0.25, 0.3) is 0 Å². The monoisotopic (exact) mass is 207 g/mol. The molecule has 0 aliphatic rings. The summed E-state index contributed by atoms with van der Waals surface area (Å²) >= 11 is 5.18. The van der Waals surface area contributed by atoms with Gasteiger partial charge in [-0.2, -0.15) is 0 Å². The highest BCUT2D eigenvalue weighted by molar-refractivity contribution is 14.2. The molecule has 0 saturated carbocycles. The minimum absolute atomic E-state index is 1.84. The highest BCUT2D eigenvalue weighted by atomic mass is 127. The number of halogens is 1. The van der Waals surface area contributed by atoms with E-state index in [1.165, 1.54) is 0 Å². The van der Waals surface area contributed by atoms with E-state index in [0.29, 0.717) is 0 Å². The number of rotatable bonds is 0. The van der Waals surface area contributed by atoms with Crippen LogP contribution in [0, 0.1) is 4.78 Å². The predicted molar refractivity (Wildman–Crippen MR) is 33.1 cm³/mol. The Balaban J connectivity index is 0. The number of nitrogens with one attached hydrogen (secondary N) is 1. The number of hydrogen-bond acceptors (Lipinski definition) is 3. The van der Waals surface area contributed by atoms with Gasteiger partial charge in [-0.15, -0.1) is 9.80 Å². The Morgan fingerprint density at radius 1 is 1.50 bits per heavy atom. The molecule has 0 rings (SSSR count). The summed E-state index contributed by atoms with van der Waals surface area (Å²) in [6.45, 7) is 0. The lowest BCUT2D eigenvalue weighted by Crippen LogP contribution is -0.668. The smallest absolute Gasteiger partial charge is 0.0324 e. The van der Waals surface area contributed by atoms with Crippen molar-refractivity contribution >= 4 is 43.4 Å². The fourth-order valence-electron chi connectivity index (χ4n) is 0. The molecule has 1 N–H and O–H groups in total. The molecule has 0 spiro atoms. The zero-order valence-corrected chi connectivity index (χ0v) is 5.60. The third-order valence-corrected chi connectivity index (χ3v) is 0. The highest BCUT2D eigenvalue weighted by Crippen LogP contribution is 1.77. The van der Waals surface area contributed by atoms with Crippen LogP contribution in [0.3, 0.4) is 0 Å². The van der Waals surface area contributed by atoms with Crippen molar-refractivity contribution in [3.63, 3.8) is 0 Å². The summed E-state index contributed by atoms with van der Waals surface area (Å²) in [5, 5.41) is 0. The Labute approximate surface area is 48.1 Å². The molecule has 0 aliphatic heterocycles. The Bertz CT molecular complexity index is 6.00. The summed E-state index contributed by atoms with van der Waals surface area (Å²) in [5.41, 5.74) is 0.